The van der Waals surface area contributed by atoms with Crippen LogP contribution in [0.15, 0.2) is 29.3 Å². The van der Waals surface area contributed by atoms with Gasteiger partial charge < -0.3 is 15.4 Å². The second-order valence-electron chi connectivity index (χ2n) is 7.45. The van der Waals surface area contributed by atoms with E-state index in [0.717, 1.165) is 50.9 Å². The van der Waals surface area contributed by atoms with E-state index in [9.17, 15) is 10.1 Å². The minimum Gasteiger partial charge on any atom is -0.379 e. The van der Waals surface area contributed by atoms with Gasteiger partial charge in [-0.3, -0.25) is 15.0 Å². The summed E-state index contributed by atoms with van der Waals surface area (Å²) in [5.41, 5.74) is 1.07. The molecule has 2 aliphatic rings. The predicted molar refractivity (Wildman–Crippen MR) is 110 cm³/mol. The van der Waals surface area contributed by atoms with Crippen LogP contribution in [-0.4, -0.2) is 61.2 Å². The molecule has 154 valence electrons. The molecule has 1 saturated heterocycles. The second kappa shape index (κ2) is 11.0. The summed E-state index contributed by atoms with van der Waals surface area (Å²) in [5.74, 6) is 0.832. The maximum atomic E-state index is 10.8. The number of aliphatic imine (C=N–C) groups is 1. The zero-order valence-corrected chi connectivity index (χ0v) is 16.4. The van der Waals surface area contributed by atoms with Gasteiger partial charge in [-0.1, -0.05) is 31.4 Å². The van der Waals surface area contributed by atoms with Crippen LogP contribution in [0.4, 0.5) is 5.69 Å². The number of benzene rings is 1. The molecule has 0 aromatic heterocycles. The molecule has 2 fully saturated rings. The first kappa shape index (κ1) is 20.5. The Morgan fingerprint density at radius 1 is 1.18 bits per heavy atom. The second-order valence-corrected chi connectivity index (χ2v) is 7.45. The van der Waals surface area contributed by atoms with Crippen molar-refractivity contribution in [2.24, 2.45) is 4.99 Å². The molecule has 1 aliphatic heterocycles. The van der Waals surface area contributed by atoms with Gasteiger partial charge in [-0.05, 0) is 18.4 Å². The van der Waals surface area contributed by atoms with Gasteiger partial charge in [-0.2, -0.15) is 0 Å². The van der Waals surface area contributed by atoms with Gasteiger partial charge >= 0.3 is 0 Å². The topological polar surface area (TPSA) is 92.0 Å². The van der Waals surface area contributed by atoms with Gasteiger partial charge in [0.25, 0.3) is 5.69 Å². The maximum absolute atomic E-state index is 10.8. The van der Waals surface area contributed by atoms with Gasteiger partial charge in [0.1, 0.15) is 0 Å². The molecule has 1 aromatic carbocycles. The van der Waals surface area contributed by atoms with Crippen LogP contribution in [0.3, 0.4) is 0 Å². The van der Waals surface area contributed by atoms with Crippen LogP contribution in [-0.2, 0) is 11.3 Å². The number of hydrogen-bond donors (Lipinski definition) is 2. The van der Waals surface area contributed by atoms with Crippen molar-refractivity contribution in [1.82, 2.24) is 15.5 Å². The Morgan fingerprint density at radius 2 is 1.89 bits per heavy atom. The number of nitro benzene ring substituents is 1. The van der Waals surface area contributed by atoms with Crippen LogP contribution >= 0.6 is 0 Å². The number of non-ortho nitro benzene ring substituents is 1. The van der Waals surface area contributed by atoms with E-state index in [0.29, 0.717) is 12.6 Å². The summed E-state index contributed by atoms with van der Waals surface area (Å²) in [6, 6.07) is 7.08. The van der Waals surface area contributed by atoms with E-state index in [1.807, 2.05) is 0 Å². The third kappa shape index (κ3) is 6.76. The molecule has 1 aliphatic carbocycles. The Hall–Kier alpha value is -2.19. The normalized spacial score (nSPS) is 19.4. The van der Waals surface area contributed by atoms with E-state index < -0.39 is 0 Å². The molecule has 0 atom stereocenters. The zero-order chi connectivity index (χ0) is 19.6. The number of ether oxygens (including phenoxy) is 1. The summed E-state index contributed by atoms with van der Waals surface area (Å²) >= 11 is 0. The van der Waals surface area contributed by atoms with Crippen LogP contribution in [0.5, 0.6) is 0 Å². The lowest BCUT2D eigenvalue weighted by molar-refractivity contribution is -0.384. The van der Waals surface area contributed by atoms with Crippen molar-refractivity contribution >= 4 is 11.6 Å². The van der Waals surface area contributed by atoms with Crippen molar-refractivity contribution in [2.75, 3.05) is 39.4 Å². The smallest absolute Gasteiger partial charge is 0.269 e. The van der Waals surface area contributed by atoms with Gasteiger partial charge in [-0.15, -0.1) is 0 Å². The van der Waals surface area contributed by atoms with Crippen molar-refractivity contribution < 1.29 is 9.66 Å². The van der Waals surface area contributed by atoms with Crippen LogP contribution in [0.2, 0.25) is 0 Å². The molecule has 1 aromatic rings. The highest BCUT2D eigenvalue weighted by atomic mass is 16.6. The van der Waals surface area contributed by atoms with Crippen LogP contribution < -0.4 is 10.6 Å². The molecule has 0 spiro atoms. The van der Waals surface area contributed by atoms with E-state index >= 15 is 0 Å². The number of nitro groups is 1. The molecule has 28 heavy (non-hydrogen) atoms. The van der Waals surface area contributed by atoms with Gasteiger partial charge in [0.2, 0.25) is 0 Å². The third-order valence-corrected chi connectivity index (χ3v) is 5.34. The molecule has 1 saturated carbocycles. The SMILES string of the molecule is O=[N+]([O-])c1ccc(CN=C(NCCN2CCOCC2)NC2CCCCC2)cc1. The Labute approximate surface area is 166 Å². The Morgan fingerprint density at radius 3 is 2.57 bits per heavy atom. The molecule has 8 nitrogen and oxygen atoms in total. The summed E-state index contributed by atoms with van der Waals surface area (Å²) < 4.78 is 5.40. The number of nitrogens with one attached hydrogen (secondary N) is 2. The molecular formula is C20H31N5O3. The maximum Gasteiger partial charge on any atom is 0.269 e. The number of morpholine rings is 1. The molecule has 2 N–H and O–H groups in total. The number of hydrogen-bond acceptors (Lipinski definition) is 5. The average Bonchev–Trinajstić information content (AvgIpc) is 2.73. The molecule has 0 radical (unpaired) electrons. The van der Waals surface area contributed by atoms with E-state index in [1.165, 1.54) is 44.2 Å². The monoisotopic (exact) mass is 389 g/mol. The Kier molecular flexibility index (Phi) is 8.05. The molecule has 0 amide bonds. The molecule has 3 rings (SSSR count). The third-order valence-electron chi connectivity index (χ3n) is 5.34. The van der Waals surface area contributed by atoms with Gasteiger partial charge in [0.15, 0.2) is 5.96 Å². The molecule has 8 heteroatoms. The lowest BCUT2D eigenvalue weighted by atomic mass is 9.96. The van der Waals surface area contributed by atoms with E-state index in [4.69, 9.17) is 9.73 Å². The fourth-order valence-corrected chi connectivity index (χ4v) is 3.64. The van der Waals surface area contributed by atoms with Crippen LogP contribution in [0, 0.1) is 10.1 Å². The molecule has 1 heterocycles. The van der Waals surface area contributed by atoms with E-state index in [1.54, 1.807) is 12.1 Å². The quantitative estimate of drug-likeness (QED) is 0.322. The van der Waals surface area contributed by atoms with Crippen LogP contribution in [0.1, 0.15) is 37.7 Å². The lowest BCUT2D eigenvalue weighted by Gasteiger charge is -2.28. The Balaban J connectivity index is 1.55. The van der Waals surface area contributed by atoms with Crippen molar-refractivity contribution in [1.29, 1.82) is 0 Å². The standard InChI is InChI=1S/C20H31N5O3/c26-25(27)19-8-6-17(7-9-19)16-22-20(23-18-4-2-1-3-5-18)21-10-11-24-12-14-28-15-13-24/h6-9,18H,1-5,10-16H2,(H2,21,22,23). The summed E-state index contributed by atoms with van der Waals surface area (Å²) in [5, 5.41) is 17.8. The molecular weight excluding hydrogens is 358 g/mol. The first-order chi connectivity index (χ1) is 13.7. The van der Waals surface area contributed by atoms with E-state index in [2.05, 4.69) is 15.5 Å². The highest BCUT2D eigenvalue weighted by Crippen LogP contribution is 2.17. The largest absolute Gasteiger partial charge is 0.379 e. The number of nitrogens with zero attached hydrogens (tertiary/aromatic N) is 3. The van der Waals surface area contributed by atoms with Gasteiger partial charge in [-0.25, -0.2) is 4.99 Å². The van der Waals surface area contributed by atoms with Gasteiger partial charge in [0, 0.05) is 44.4 Å². The summed E-state index contributed by atoms with van der Waals surface area (Å²) in [6.45, 7) is 5.87. The first-order valence-electron chi connectivity index (χ1n) is 10.3. The zero-order valence-electron chi connectivity index (χ0n) is 16.4. The first-order valence-corrected chi connectivity index (χ1v) is 10.3. The number of rotatable bonds is 7. The number of guanidine groups is 1. The fourth-order valence-electron chi connectivity index (χ4n) is 3.64. The van der Waals surface area contributed by atoms with Crippen molar-refractivity contribution in [3.05, 3.63) is 39.9 Å². The lowest BCUT2D eigenvalue weighted by Crippen LogP contribution is -2.47. The molecule has 0 bridgehead atoms. The minimum absolute atomic E-state index is 0.108. The van der Waals surface area contributed by atoms with Crippen molar-refractivity contribution in [3.63, 3.8) is 0 Å². The highest BCUT2D eigenvalue weighted by molar-refractivity contribution is 5.80. The summed E-state index contributed by atoms with van der Waals surface area (Å²) in [7, 11) is 0. The Bertz CT molecular complexity index is 638. The van der Waals surface area contributed by atoms with Crippen LogP contribution in [0.25, 0.3) is 0 Å². The minimum atomic E-state index is -0.379. The fraction of sp³-hybridized carbons (Fsp3) is 0.650. The van der Waals surface area contributed by atoms with E-state index in [-0.39, 0.29) is 10.6 Å². The predicted octanol–water partition coefficient (Wildman–Crippen LogP) is 2.29. The average molecular weight is 390 g/mol. The highest BCUT2D eigenvalue weighted by Gasteiger charge is 2.15. The van der Waals surface area contributed by atoms with Gasteiger partial charge in [0.05, 0.1) is 24.7 Å². The molecule has 0 unspecified atom stereocenters. The summed E-state index contributed by atoms with van der Waals surface area (Å²) in [6.07, 6.45) is 6.21. The van der Waals surface area contributed by atoms with Crippen molar-refractivity contribution in [2.45, 2.75) is 44.7 Å². The summed E-state index contributed by atoms with van der Waals surface area (Å²) in [4.78, 5) is 17.5. The van der Waals surface area contributed by atoms with Crippen molar-refractivity contribution in [3.8, 4) is 0 Å².